The number of halogens is 2. The molecule has 2 nitrogen and oxygen atoms in total. The fourth-order valence-electron chi connectivity index (χ4n) is 1.82. The van der Waals surface area contributed by atoms with Gasteiger partial charge in [-0.2, -0.15) is 0 Å². The summed E-state index contributed by atoms with van der Waals surface area (Å²) in [5, 5.41) is 0. The van der Waals surface area contributed by atoms with Crippen molar-refractivity contribution in [1.29, 1.82) is 0 Å². The monoisotopic (exact) mass is 286 g/mol. The Kier molecular flexibility index (Phi) is 3.71. The van der Waals surface area contributed by atoms with Gasteiger partial charge in [-0.25, -0.2) is 4.39 Å². The van der Waals surface area contributed by atoms with Crippen LogP contribution in [0.1, 0.15) is 18.4 Å². The second-order valence-electron chi connectivity index (χ2n) is 3.86. The Labute approximate surface area is 102 Å². The summed E-state index contributed by atoms with van der Waals surface area (Å²) in [4.78, 5) is 11.8. The van der Waals surface area contributed by atoms with Gasteiger partial charge in [0.25, 0.3) is 0 Å². The normalized spacial score (nSPS) is 20.0. The van der Waals surface area contributed by atoms with Crippen LogP contribution in [0.3, 0.4) is 0 Å². The van der Waals surface area contributed by atoms with Gasteiger partial charge in [0.1, 0.15) is 11.9 Å². The molecule has 1 aromatic carbocycles. The maximum Gasteiger partial charge on any atom is 0.165 e. The van der Waals surface area contributed by atoms with Crippen LogP contribution in [0, 0.1) is 5.82 Å². The number of benzene rings is 1. The molecule has 1 aliphatic rings. The molecule has 16 heavy (non-hydrogen) atoms. The number of Topliss-reactive ketones (excluding diaryl/α,β-unsaturated/α-hetero) is 1. The summed E-state index contributed by atoms with van der Waals surface area (Å²) < 4.78 is 18.9. The van der Waals surface area contributed by atoms with Crippen molar-refractivity contribution < 1.29 is 13.9 Å². The van der Waals surface area contributed by atoms with Gasteiger partial charge < -0.3 is 4.74 Å². The van der Waals surface area contributed by atoms with Crippen molar-refractivity contribution in [2.75, 3.05) is 6.61 Å². The summed E-state index contributed by atoms with van der Waals surface area (Å²) in [6.45, 7) is 0.653. The van der Waals surface area contributed by atoms with Crippen molar-refractivity contribution in [2.24, 2.45) is 0 Å². The molecule has 1 aromatic rings. The molecule has 4 heteroatoms. The van der Waals surface area contributed by atoms with Gasteiger partial charge in [0, 0.05) is 13.0 Å². The average molecular weight is 287 g/mol. The molecule has 1 fully saturated rings. The van der Waals surface area contributed by atoms with E-state index in [0.29, 0.717) is 16.6 Å². The maximum atomic E-state index is 13.2. The smallest absolute Gasteiger partial charge is 0.165 e. The third-order valence-electron chi connectivity index (χ3n) is 2.69. The molecule has 86 valence electrons. The minimum Gasteiger partial charge on any atom is -0.370 e. The van der Waals surface area contributed by atoms with Crippen LogP contribution in [0.4, 0.5) is 4.39 Å². The van der Waals surface area contributed by atoms with E-state index in [1.807, 2.05) is 0 Å². The van der Waals surface area contributed by atoms with E-state index in [0.717, 1.165) is 12.8 Å². The third-order valence-corrected chi connectivity index (χ3v) is 3.57. The zero-order valence-electron chi connectivity index (χ0n) is 8.71. The largest absolute Gasteiger partial charge is 0.370 e. The van der Waals surface area contributed by atoms with Crippen LogP contribution in [0.25, 0.3) is 0 Å². The highest BCUT2D eigenvalue weighted by molar-refractivity contribution is 9.10. The Bertz CT molecular complexity index is 400. The molecular weight excluding hydrogens is 275 g/mol. The lowest BCUT2D eigenvalue weighted by molar-refractivity contribution is -0.127. The summed E-state index contributed by atoms with van der Waals surface area (Å²) in [6.07, 6.45) is 1.64. The van der Waals surface area contributed by atoms with Crippen LogP contribution in [-0.4, -0.2) is 18.5 Å². The van der Waals surface area contributed by atoms with E-state index in [1.54, 1.807) is 12.1 Å². The second-order valence-corrected chi connectivity index (χ2v) is 4.65. The fourth-order valence-corrected chi connectivity index (χ4v) is 2.22. The molecule has 0 aliphatic carbocycles. The van der Waals surface area contributed by atoms with E-state index < -0.39 is 0 Å². The standard InChI is InChI=1S/C12H12BrFO2/c13-12-8(3-1-4-9(12)14)7-10(15)11-5-2-6-16-11/h1,3-4,11H,2,5-7H2. The lowest BCUT2D eigenvalue weighted by atomic mass is 10.0. The van der Waals surface area contributed by atoms with E-state index in [9.17, 15) is 9.18 Å². The molecule has 1 heterocycles. The molecule has 0 aromatic heterocycles. The number of ether oxygens (including phenoxy) is 1. The summed E-state index contributed by atoms with van der Waals surface area (Å²) in [7, 11) is 0. The average Bonchev–Trinajstić information content (AvgIpc) is 2.78. The van der Waals surface area contributed by atoms with Gasteiger partial charge in [0.15, 0.2) is 5.78 Å². The van der Waals surface area contributed by atoms with Gasteiger partial charge in [-0.3, -0.25) is 4.79 Å². The van der Waals surface area contributed by atoms with Crippen molar-refractivity contribution in [3.63, 3.8) is 0 Å². The minimum atomic E-state index is -0.336. The number of hydrogen-bond acceptors (Lipinski definition) is 2. The lowest BCUT2D eigenvalue weighted by Gasteiger charge is -2.09. The Morgan fingerprint density at radius 1 is 1.56 bits per heavy atom. The van der Waals surface area contributed by atoms with E-state index in [1.165, 1.54) is 6.07 Å². The van der Waals surface area contributed by atoms with E-state index in [-0.39, 0.29) is 24.1 Å². The second kappa shape index (κ2) is 5.06. The Balaban J connectivity index is 2.08. The summed E-state index contributed by atoms with van der Waals surface area (Å²) >= 11 is 3.15. The summed E-state index contributed by atoms with van der Waals surface area (Å²) in [6, 6.07) is 4.72. The Hall–Kier alpha value is -0.740. The molecule has 1 unspecified atom stereocenters. The van der Waals surface area contributed by atoms with E-state index in [2.05, 4.69) is 15.9 Å². The van der Waals surface area contributed by atoms with Crippen LogP contribution in [0.5, 0.6) is 0 Å². The first-order valence-corrected chi connectivity index (χ1v) is 6.05. The molecule has 0 saturated carbocycles. The van der Waals surface area contributed by atoms with Crippen molar-refractivity contribution in [1.82, 2.24) is 0 Å². The molecule has 0 amide bonds. The van der Waals surface area contributed by atoms with Gasteiger partial charge in [0.2, 0.25) is 0 Å². The molecule has 1 atom stereocenters. The molecule has 0 N–H and O–H groups in total. The molecular formula is C12H12BrFO2. The topological polar surface area (TPSA) is 26.3 Å². The zero-order chi connectivity index (χ0) is 11.5. The number of carbonyl (C=O) groups is 1. The zero-order valence-corrected chi connectivity index (χ0v) is 10.3. The number of rotatable bonds is 3. The highest BCUT2D eigenvalue weighted by Gasteiger charge is 2.24. The predicted octanol–water partition coefficient (Wildman–Crippen LogP) is 2.88. The van der Waals surface area contributed by atoms with Gasteiger partial charge in [0.05, 0.1) is 4.47 Å². The van der Waals surface area contributed by atoms with Crippen molar-refractivity contribution in [3.8, 4) is 0 Å². The van der Waals surface area contributed by atoms with Gasteiger partial charge >= 0.3 is 0 Å². The molecule has 2 rings (SSSR count). The van der Waals surface area contributed by atoms with Gasteiger partial charge in [-0.05, 0) is 40.4 Å². The van der Waals surface area contributed by atoms with E-state index >= 15 is 0 Å². The Morgan fingerprint density at radius 2 is 2.38 bits per heavy atom. The molecule has 0 bridgehead atoms. The first-order chi connectivity index (χ1) is 7.68. The molecule has 1 saturated heterocycles. The summed E-state index contributed by atoms with van der Waals surface area (Å²) in [5.74, 6) is -0.304. The number of ketones is 1. The van der Waals surface area contributed by atoms with Gasteiger partial charge in [-0.15, -0.1) is 0 Å². The van der Waals surface area contributed by atoms with E-state index in [4.69, 9.17) is 4.74 Å². The first kappa shape index (κ1) is 11.7. The van der Waals surface area contributed by atoms with Gasteiger partial charge in [-0.1, -0.05) is 12.1 Å². The van der Waals surface area contributed by atoms with Crippen molar-refractivity contribution >= 4 is 21.7 Å². The number of carbonyl (C=O) groups excluding carboxylic acids is 1. The number of hydrogen-bond donors (Lipinski definition) is 0. The molecule has 0 radical (unpaired) electrons. The minimum absolute atomic E-state index is 0.0313. The van der Waals surface area contributed by atoms with Crippen molar-refractivity contribution in [2.45, 2.75) is 25.4 Å². The third kappa shape index (κ3) is 2.50. The predicted molar refractivity (Wildman–Crippen MR) is 61.8 cm³/mol. The van der Waals surface area contributed by atoms with Crippen LogP contribution in [0.15, 0.2) is 22.7 Å². The quantitative estimate of drug-likeness (QED) is 0.854. The van der Waals surface area contributed by atoms with Crippen LogP contribution >= 0.6 is 15.9 Å². The first-order valence-electron chi connectivity index (χ1n) is 5.25. The molecule has 0 spiro atoms. The lowest BCUT2D eigenvalue weighted by Crippen LogP contribution is -2.21. The SMILES string of the molecule is O=C(Cc1cccc(F)c1Br)C1CCCO1. The van der Waals surface area contributed by atoms with Crippen molar-refractivity contribution in [3.05, 3.63) is 34.1 Å². The van der Waals surface area contributed by atoms with Crippen LogP contribution < -0.4 is 0 Å². The van der Waals surface area contributed by atoms with Crippen LogP contribution in [-0.2, 0) is 16.0 Å². The maximum absolute atomic E-state index is 13.2. The molecule has 1 aliphatic heterocycles. The fraction of sp³-hybridized carbons (Fsp3) is 0.417. The summed E-state index contributed by atoms with van der Waals surface area (Å²) in [5.41, 5.74) is 0.681. The van der Waals surface area contributed by atoms with Crippen LogP contribution in [0.2, 0.25) is 0 Å². The highest BCUT2D eigenvalue weighted by atomic mass is 79.9. The Morgan fingerprint density at radius 3 is 3.06 bits per heavy atom. The highest BCUT2D eigenvalue weighted by Crippen LogP contribution is 2.23.